The highest BCUT2D eigenvalue weighted by Crippen LogP contribution is 2.38. The lowest BCUT2D eigenvalue weighted by molar-refractivity contribution is 1.16. The van der Waals surface area contributed by atoms with Crippen LogP contribution >= 0.6 is 58.0 Å². The van der Waals surface area contributed by atoms with E-state index in [1.54, 1.807) is 0 Å². The molecule has 0 saturated heterocycles. The lowest BCUT2D eigenvalue weighted by Crippen LogP contribution is -2.17. The number of nitrogens with one attached hydrogen (secondary N) is 1. The molecule has 0 bridgehead atoms. The summed E-state index contributed by atoms with van der Waals surface area (Å²) in [6.07, 6.45) is 0. The van der Waals surface area contributed by atoms with Crippen LogP contribution in [0.4, 0.5) is 0 Å². The van der Waals surface area contributed by atoms with Crippen molar-refractivity contribution in [1.82, 2.24) is 0 Å². The molecule has 0 unspecified atom stereocenters. The van der Waals surface area contributed by atoms with Crippen LogP contribution in [0.5, 0.6) is 0 Å². The fourth-order valence-corrected chi connectivity index (χ4v) is 1.72. The van der Waals surface area contributed by atoms with Crippen molar-refractivity contribution in [2.75, 3.05) is 0 Å². The highest BCUT2D eigenvalue weighted by Gasteiger charge is 2.31. The Bertz CT molecular complexity index is 354. The van der Waals surface area contributed by atoms with Crippen LogP contribution in [0.1, 0.15) is 5.56 Å². The van der Waals surface area contributed by atoms with Crippen LogP contribution in [-0.4, -0.2) is 5.17 Å². The first-order valence-corrected chi connectivity index (χ1v) is 5.32. The molecule has 0 amide bonds. The van der Waals surface area contributed by atoms with E-state index in [-0.39, 0.29) is 0 Å². The van der Waals surface area contributed by atoms with Crippen molar-refractivity contribution in [3.8, 4) is 0 Å². The smallest absolute Gasteiger partial charge is 0.194 e. The van der Waals surface area contributed by atoms with Gasteiger partial charge in [-0.25, -0.2) is 0 Å². The molecule has 0 aliphatic rings. The molecule has 1 N–H and O–H groups in total. The Hall–Kier alpha value is 0.340. The molecular formula is C8H4Cl5N. The Kier molecular flexibility index (Phi) is 3.95. The Labute approximate surface area is 106 Å². The molecule has 0 aliphatic heterocycles. The Morgan fingerprint density at radius 1 is 1.07 bits per heavy atom. The molecule has 1 aromatic rings. The Morgan fingerprint density at radius 2 is 1.50 bits per heavy atom. The van der Waals surface area contributed by atoms with Crippen molar-refractivity contribution in [3.05, 3.63) is 33.8 Å². The lowest BCUT2D eigenvalue weighted by Gasteiger charge is -2.17. The van der Waals surface area contributed by atoms with E-state index in [0.717, 1.165) is 0 Å². The molecule has 14 heavy (non-hydrogen) atoms. The van der Waals surface area contributed by atoms with Gasteiger partial charge in [-0.05, 0) is 23.8 Å². The maximum atomic E-state index is 7.19. The van der Waals surface area contributed by atoms with Gasteiger partial charge in [-0.15, -0.1) is 0 Å². The van der Waals surface area contributed by atoms with Gasteiger partial charge >= 0.3 is 0 Å². The Morgan fingerprint density at radius 3 is 1.86 bits per heavy atom. The van der Waals surface area contributed by atoms with Crippen molar-refractivity contribution in [1.29, 1.82) is 5.41 Å². The number of rotatable bonds is 2. The summed E-state index contributed by atoms with van der Waals surface area (Å²) in [6, 6.07) is 4.54. The summed E-state index contributed by atoms with van der Waals surface area (Å²) in [6.45, 7) is 0. The number of halogens is 5. The van der Waals surface area contributed by atoms with Gasteiger partial charge in [0.1, 0.15) is 5.17 Å². The zero-order chi connectivity index (χ0) is 10.9. The molecule has 0 spiro atoms. The molecular weight excluding hydrogens is 287 g/mol. The van der Waals surface area contributed by atoms with E-state index in [1.807, 2.05) is 0 Å². The second-order valence-electron chi connectivity index (χ2n) is 2.55. The molecule has 0 saturated carbocycles. The number of hydrogen-bond donors (Lipinski definition) is 1. The third-order valence-corrected chi connectivity index (χ3v) is 3.23. The summed E-state index contributed by atoms with van der Waals surface area (Å²) < 4.78 is -1.60. The van der Waals surface area contributed by atoms with Crippen molar-refractivity contribution >= 4 is 63.2 Å². The van der Waals surface area contributed by atoms with Gasteiger partial charge in [0, 0.05) is 10.0 Å². The van der Waals surface area contributed by atoms with Crippen LogP contribution in [-0.2, 0) is 4.33 Å². The van der Waals surface area contributed by atoms with Crippen LogP contribution in [0.2, 0.25) is 10.0 Å². The summed E-state index contributed by atoms with van der Waals surface area (Å²) in [7, 11) is 0. The van der Waals surface area contributed by atoms with Crippen molar-refractivity contribution in [3.63, 3.8) is 0 Å². The molecule has 0 heterocycles. The maximum Gasteiger partial charge on any atom is 0.194 e. The van der Waals surface area contributed by atoms with Crippen LogP contribution in [0.3, 0.4) is 0 Å². The van der Waals surface area contributed by atoms with E-state index >= 15 is 0 Å². The van der Waals surface area contributed by atoms with Crippen molar-refractivity contribution in [2.24, 2.45) is 0 Å². The van der Waals surface area contributed by atoms with E-state index in [4.69, 9.17) is 63.4 Å². The van der Waals surface area contributed by atoms with Crippen molar-refractivity contribution < 1.29 is 0 Å². The molecule has 1 aromatic carbocycles. The first-order valence-electron chi connectivity index (χ1n) is 3.43. The van der Waals surface area contributed by atoms with Gasteiger partial charge in [0.25, 0.3) is 0 Å². The zero-order valence-corrected chi connectivity index (χ0v) is 10.4. The van der Waals surface area contributed by atoms with Gasteiger partial charge in [0.15, 0.2) is 4.33 Å². The fourth-order valence-electron chi connectivity index (χ4n) is 0.862. The van der Waals surface area contributed by atoms with Gasteiger partial charge < -0.3 is 0 Å². The maximum absolute atomic E-state index is 7.19. The quantitative estimate of drug-likeness (QED) is 0.595. The van der Waals surface area contributed by atoms with E-state index in [0.29, 0.717) is 15.6 Å². The first kappa shape index (κ1) is 12.4. The summed E-state index contributed by atoms with van der Waals surface area (Å²) in [5, 5.41) is 7.56. The monoisotopic (exact) mass is 289 g/mol. The topological polar surface area (TPSA) is 23.9 Å². The second kappa shape index (κ2) is 4.46. The standard InChI is InChI=1S/C8H4Cl5N/c9-5-1-4(2-6(10)3-5)8(12,13)7(11)14/h1-3,14H. The SMILES string of the molecule is N=C(Cl)C(Cl)(Cl)c1cc(Cl)cc(Cl)c1. The predicted octanol–water partition coefficient (Wildman–Crippen LogP) is 4.84. The van der Waals surface area contributed by atoms with Gasteiger partial charge in [-0.3, -0.25) is 5.41 Å². The number of hydrogen-bond acceptors (Lipinski definition) is 1. The van der Waals surface area contributed by atoms with Crippen molar-refractivity contribution in [2.45, 2.75) is 4.33 Å². The minimum absolute atomic E-state index is 0.373. The minimum Gasteiger partial charge on any atom is -0.290 e. The van der Waals surface area contributed by atoms with E-state index in [9.17, 15) is 0 Å². The Balaban J connectivity index is 3.25. The summed E-state index contributed by atoms with van der Waals surface area (Å²) in [4.78, 5) is 0. The van der Waals surface area contributed by atoms with Crippen LogP contribution < -0.4 is 0 Å². The molecule has 76 valence electrons. The molecule has 0 aromatic heterocycles. The number of alkyl halides is 2. The molecule has 1 rings (SSSR count). The molecule has 0 atom stereocenters. The molecule has 0 fully saturated rings. The fraction of sp³-hybridized carbons (Fsp3) is 0.125. The average Bonchev–Trinajstić information content (AvgIpc) is 2.01. The van der Waals surface area contributed by atoms with Crippen LogP contribution in [0.25, 0.3) is 0 Å². The van der Waals surface area contributed by atoms with Crippen LogP contribution in [0.15, 0.2) is 18.2 Å². The third kappa shape index (κ3) is 2.68. The normalized spacial score (nSPS) is 11.5. The largest absolute Gasteiger partial charge is 0.290 e. The highest BCUT2D eigenvalue weighted by atomic mass is 35.5. The molecule has 0 radical (unpaired) electrons. The van der Waals surface area contributed by atoms with Gasteiger partial charge in [-0.2, -0.15) is 0 Å². The van der Waals surface area contributed by atoms with E-state index < -0.39 is 9.50 Å². The highest BCUT2D eigenvalue weighted by molar-refractivity contribution is 6.78. The lowest BCUT2D eigenvalue weighted by atomic mass is 10.1. The zero-order valence-electron chi connectivity index (χ0n) is 6.62. The summed E-state index contributed by atoms with van der Waals surface area (Å²) >= 11 is 28.6. The first-order chi connectivity index (χ1) is 6.34. The van der Waals surface area contributed by atoms with E-state index in [2.05, 4.69) is 0 Å². The summed E-state index contributed by atoms with van der Waals surface area (Å²) in [5.41, 5.74) is 0.373. The van der Waals surface area contributed by atoms with Gasteiger partial charge in [-0.1, -0.05) is 58.0 Å². The molecule has 6 heteroatoms. The van der Waals surface area contributed by atoms with Crippen LogP contribution in [0, 0.1) is 5.41 Å². The third-order valence-electron chi connectivity index (χ3n) is 1.50. The van der Waals surface area contributed by atoms with Gasteiger partial charge in [0.05, 0.1) is 0 Å². The predicted molar refractivity (Wildman–Crippen MR) is 63.4 cm³/mol. The molecule has 1 nitrogen and oxygen atoms in total. The molecule has 0 aliphatic carbocycles. The summed E-state index contributed by atoms with van der Waals surface area (Å²) in [5.74, 6) is 0. The second-order valence-corrected chi connectivity index (χ2v) is 5.12. The minimum atomic E-state index is -1.60. The van der Waals surface area contributed by atoms with E-state index in [1.165, 1.54) is 18.2 Å². The number of benzene rings is 1. The average molecular weight is 291 g/mol. The van der Waals surface area contributed by atoms with Gasteiger partial charge in [0.2, 0.25) is 0 Å².